The highest BCUT2D eigenvalue weighted by atomic mass is 32.2. The molecule has 3 N–H and O–H groups in total. The minimum Gasteiger partial charge on any atom is -0.395 e. The SMILES string of the molecule is Cc1cnc(SC(CO)C(N)C(C)C)nc1. The van der Waals surface area contributed by atoms with Gasteiger partial charge < -0.3 is 10.8 Å². The predicted molar refractivity (Wildman–Crippen MR) is 66.3 cm³/mol. The van der Waals surface area contributed by atoms with Gasteiger partial charge in [-0.3, -0.25) is 0 Å². The van der Waals surface area contributed by atoms with E-state index in [4.69, 9.17) is 5.73 Å². The molecule has 5 heteroatoms. The van der Waals surface area contributed by atoms with E-state index in [-0.39, 0.29) is 17.9 Å². The maximum absolute atomic E-state index is 9.30. The van der Waals surface area contributed by atoms with Crippen LogP contribution in [0.15, 0.2) is 17.6 Å². The van der Waals surface area contributed by atoms with E-state index in [0.29, 0.717) is 11.1 Å². The summed E-state index contributed by atoms with van der Waals surface area (Å²) in [4.78, 5) is 8.39. The molecular formula is C11H19N3OS. The largest absolute Gasteiger partial charge is 0.395 e. The second-order valence-electron chi connectivity index (χ2n) is 4.20. The summed E-state index contributed by atoms with van der Waals surface area (Å²) in [6.45, 7) is 6.08. The van der Waals surface area contributed by atoms with Gasteiger partial charge in [0.05, 0.1) is 11.9 Å². The van der Waals surface area contributed by atoms with Crippen LogP contribution in [-0.4, -0.2) is 33.0 Å². The molecule has 0 amide bonds. The van der Waals surface area contributed by atoms with E-state index in [1.165, 1.54) is 11.8 Å². The summed E-state index contributed by atoms with van der Waals surface area (Å²) < 4.78 is 0. The first-order chi connectivity index (χ1) is 7.54. The van der Waals surface area contributed by atoms with Crippen LogP contribution in [-0.2, 0) is 0 Å². The molecule has 0 aromatic carbocycles. The van der Waals surface area contributed by atoms with Gasteiger partial charge >= 0.3 is 0 Å². The Morgan fingerprint density at radius 2 is 1.94 bits per heavy atom. The maximum Gasteiger partial charge on any atom is 0.187 e. The zero-order valence-corrected chi connectivity index (χ0v) is 10.7. The fraction of sp³-hybridized carbons (Fsp3) is 0.636. The van der Waals surface area contributed by atoms with Crippen LogP contribution in [0.25, 0.3) is 0 Å². The predicted octanol–water partition coefficient (Wildman–Crippen LogP) is 1.22. The van der Waals surface area contributed by atoms with Crippen molar-refractivity contribution in [2.45, 2.75) is 37.2 Å². The van der Waals surface area contributed by atoms with Crippen molar-refractivity contribution in [1.29, 1.82) is 0 Å². The molecule has 16 heavy (non-hydrogen) atoms. The molecule has 0 saturated heterocycles. The number of aryl methyl sites for hydroxylation is 1. The molecule has 2 unspecified atom stereocenters. The number of hydrogen-bond acceptors (Lipinski definition) is 5. The minimum absolute atomic E-state index is 0.0429. The summed E-state index contributed by atoms with van der Waals surface area (Å²) in [5.41, 5.74) is 7.04. The second-order valence-corrected chi connectivity index (χ2v) is 5.41. The Kier molecular flexibility index (Phi) is 5.18. The van der Waals surface area contributed by atoms with E-state index in [2.05, 4.69) is 9.97 Å². The first-order valence-electron chi connectivity index (χ1n) is 5.36. The average Bonchev–Trinajstić information content (AvgIpc) is 2.27. The number of aromatic nitrogens is 2. The standard InChI is InChI=1S/C11H19N3OS/c1-7(2)10(12)9(6-15)16-11-13-4-8(3)5-14-11/h4-5,7,9-10,15H,6,12H2,1-3H3. The highest BCUT2D eigenvalue weighted by Crippen LogP contribution is 2.23. The molecule has 0 bridgehead atoms. The topological polar surface area (TPSA) is 72.0 Å². The molecule has 1 heterocycles. The van der Waals surface area contributed by atoms with Crippen molar-refractivity contribution in [3.05, 3.63) is 18.0 Å². The second kappa shape index (κ2) is 6.18. The highest BCUT2D eigenvalue weighted by molar-refractivity contribution is 7.99. The van der Waals surface area contributed by atoms with Crippen LogP contribution >= 0.6 is 11.8 Å². The van der Waals surface area contributed by atoms with Crippen molar-refractivity contribution in [2.24, 2.45) is 11.7 Å². The van der Waals surface area contributed by atoms with Gasteiger partial charge in [-0.25, -0.2) is 9.97 Å². The molecule has 2 atom stereocenters. The molecule has 0 saturated carbocycles. The van der Waals surface area contributed by atoms with Crippen molar-refractivity contribution in [3.63, 3.8) is 0 Å². The van der Waals surface area contributed by atoms with Crippen LogP contribution in [0.4, 0.5) is 0 Å². The lowest BCUT2D eigenvalue weighted by atomic mass is 10.0. The summed E-state index contributed by atoms with van der Waals surface area (Å²) in [5.74, 6) is 0.329. The Morgan fingerprint density at radius 3 is 2.38 bits per heavy atom. The third kappa shape index (κ3) is 3.73. The molecule has 90 valence electrons. The fourth-order valence-electron chi connectivity index (χ4n) is 1.24. The van der Waals surface area contributed by atoms with E-state index in [9.17, 15) is 5.11 Å². The minimum atomic E-state index is -0.0556. The number of hydrogen-bond donors (Lipinski definition) is 2. The van der Waals surface area contributed by atoms with E-state index >= 15 is 0 Å². The maximum atomic E-state index is 9.30. The van der Waals surface area contributed by atoms with Crippen LogP contribution in [0.3, 0.4) is 0 Å². The summed E-state index contributed by atoms with van der Waals surface area (Å²) in [7, 11) is 0. The van der Waals surface area contributed by atoms with Gasteiger partial charge in [0, 0.05) is 18.4 Å². The van der Waals surface area contributed by atoms with Crippen LogP contribution < -0.4 is 5.73 Å². The van der Waals surface area contributed by atoms with Crippen molar-refractivity contribution in [2.75, 3.05) is 6.61 Å². The molecule has 0 aliphatic carbocycles. The Bertz CT molecular complexity index is 316. The lowest BCUT2D eigenvalue weighted by Gasteiger charge is -2.23. The van der Waals surface area contributed by atoms with Gasteiger partial charge in [-0.1, -0.05) is 25.6 Å². The third-order valence-electron chi connectivity index (χ3n) is 2.39. The van der Waals surface area contributed by atoms with Gasteiger partial charge in [0.1, 0.15) is 0 Å². The normalized spacial score (nSPS) is 15.1. The van der Waals surface area contributed by atoms with E-state index in [1.807, 2.05) is 20.8 Å². The molecule has 0 radical (unpaired) electrons. The van der Waals surface area contributed by atoms with Gasteiger partial charge in [-0.2, -0.15) is 0 Å². The molecule has 0 fully saturated rings. The number of rotatable bonds is 5. The van der Waals surface area contributed by atoms with Crippen LogP contribution in [0, 0.1) is 12.8 Å². The van der Waals surface area contributed by atoms with Crippen molar-refractivity contribution < 1.29 is 5.11 Å². The number of nitrogens with two attached hydrogens (primary N) is 1. The molecular weight excluding hydrogens is 222 g/mol. The number of thioether (sulfide) groups is 1. The van der Waals surface area contributed by atoms with E-state index < -0.39 is 0 Å². The van der Waals surface area contributed by atoms with Gasteiger partial charge in [0.25, 0.3) is 0 Å². The molecule has 0 aliphatic heterocycles. The fourth-order valence-corrected chi connectivity index (χ4v) is 2.29. The Hall–Kier alpha value is -0.650. The van der Waals surface area contributed by atoms with Crippen molar-refractivity contribution >= 4 is 11.8 Å². The zero-order chi connectivity index (χ0) is 12.1. The molecule has 0 aliphatic rings. The monoisotopic (exact) mass is 241 g/mol. The van der Waals surface area contributed by atoms with Crippen LogP contribution in [0.5, 0.6) is 0 Å². The quantitative estimate of drug-likeness (QED) is 0.599. The molecule has 0 spiro atoms. The summed E-state index contributed by atoms with van der Waals surface area (Å²) in [6, 6.07) is -0.0556. The number of nitrogens with zero attached hydrogens (tertiary/aromatic N) is 2. The lowest BCUT2D eigenvalue weighted by Crippen LogP contribution is -2.39. The number of aliphatic hydroxyl groups excluding tert-OH is 1. The Labute approximate surface area is 101 Å². The first kappa shape index (κ1) is 13.4. The third-order valence-corrected chi connectivity index (χ3v) is 3.58. The summed E-state index contributed by atoms with van der Waals surface area (Å²) in [6.07, 6.45) is 3.54. The van der Waals surface area contributed by atoms with Crippen molar-refractivity contribution in [3.8, 4) is 0 Å². The van der Waals surface area contributed by atoms with Gasteiger partial charge in [-0.15, -0.1) is 0 Å². The van der Waals surface area contributed by atoms with Crippen molar-refractivity contribution in [1.82, 2.24) is 9.97 Å². The van der Waals surface area contributed by atoms with Gasteiger partial charge in [-0.05, 0) is 18.4 Å². The zero-order valence-electron chi connectivity index (χ0n) is 9.92. The van der Waals surface area contributed by atoms with Crippen LogP contribution in [0.1, 0.15) is 19.4 Å². The molecule has 1 rings (SSSR count). The van der Waals surface area contributed by atoms with E-state index in [1.54, 1.807) is 12.4 Å². The Balaban J connectivity index is 2.66. The summed E-state index contributed by atoms with van der Waals surface area (Å²) in [5, 5.41) is 9.92. The van der Waals surface area contributed by atoms with Crippen LogP contribution in [0.2, 0.25) is 0 Å². The Morgan fingerprint density at radius 1 is 1.38 bits per heavy atom. The smallest absolute Gasteiger partial charge is 0.187 e. The number of aliphatic hydroxyl groups is 1. The highest BCUT2D eigenvalue weighted by Gasteiger charge is 2.22. The molecule has 1 aromatic rings. The first-order valence-corrected chi connectivity index (χ1v) is 6.24. The molecule has 4 nitrogen and oxygen atoms in total. The van der Waals surface area contributed by atoms with Gasteiger partial charge in [0.2, 0.25) is 0 Å². The molecule has 1 aromatic heterocycles. The lowest BCUT2D eigenvalue weighted by molar-refractivity contribution is 0.269. The van der Waals surface area contributed by atoms with Gasteiger partial charge in [0.15, 0.2) is 5.16 Å². The summed E-state index contributed by atoms with van der Waals surface area (Å²) >= 11 is 1.44. The average molecular weight is 241 g/mol. The van der Waals surface area contributed by atoms with E-state index in [0.717, 1.165) is 5.56 Å².